The highest BCUT2D eigenvalue weighted by molar-refractivity contribution is 5.91. The maximum atomic E-state index is 13.2. The number of carbonyl (C=O) groups is 1. The van der Waals surface area contributed by atoms with Crippen molar-refractivity contribution in [3.63, 3.8) is 0 Å². The number of halogens is 1. The van der Waals surface area contributed by atoms with Gasteiger partial charge in [-0.1, -0.05) is 12.1 Å². The summed E-state index contributed by atoms with van der Waals surface area (Å²) in [6, 6.07) is 9.77. The number of rotatable bonds is 4. The maximum absolute atomic E-state index is 13.2. The van der Waals surface area contributed by atoms with Gasteiger partial charge in [0.15, 0.2) is 22.7 Å². The Balaban J connectivity index is 1.34. The minimum Gasteiger partial charge on any atom is -0.459 e. The first-order valence-electron chi connectivity index (χ1n) is 9.67. The molecule has 0 unspecified atom stereocenters. The molecule has 4 aromatic rings. The van der Waals surface area contributed by atoms with E-state index in [0.29, 0.717) is 44.0 Å². The molecule has 0 atom stereocenters. The molecular weight excluding hydrogens is 387 g/mol. The predicted molar refractivity (Wildman–Crippen MR) is 108 cm³/mol. The Bertz CT molecular complexity index is 1160. The molecule has 0 bridgehead atoms. The van der Waals surface area contributed by atoms with Crippen molar-refractivity contribution < 1.29 is 13.6 Å². The molecule has 8 nitrogen and oxygen atoms in total. The first-order valence-corrected chi connectivity index (χ1v) is 9.67. The largest absolute Gasteiger partial charge is 0.459 e. The lowest BCUT2D eigenvalue weighted by Crippen LogP contribution is -2.49. The summed E-state index contributed by atoms with van der Waals surface area (Å²) >= 11 is 0. The van der Waals surface area contributed by atoms with Crippen LogP contribution in [-0.4, -0.2) is 56.5 Å². The molecule has 1 aromatic carbocycles. The number of aromatic nitrogens is 4. The number of imidazole rings is 1. The molecule has 0 radical (unpaired) electrons. The van der Waals surface area contributed by atoms with Gasteiger partial charge in [0.05, 0.1) is 19.1 Å². The number of amides is 1. The van der Waals surface area contributed by atoms with E-state index in [1.165, 1.54) is 24.7 Å². The van der Waals surface area contributed by atoms with Crippen LogP contribution in [0.15, 0.2) is 59.7 Å². The highest BCUT2D eigenvalue weighted by Crippen LogP contribution is 2.23. The Hall–Kier alpha value is -3.75. The van der Waals surface area contributed by atoms with Crippen molar-refractivity contribution in [3.8, 4) is 0 Å². The average molecular weight is 406 g/mol. The van der Waals surface area contributed by atoms with Crippen molar-refractivity contribution >= 4 is 22.9 Å². The van der Waals surface area contributed by atoms with Gasteiger partial charge in [-0.25, -0.2) is 19.3 Å². The summed E-state index contributed by atoms with van der Waals surface area (Å²) in [4.78, 5) is 29.7. The molecule has 1 amide bonds. The molecule has 1 aliphatic rings. The Labute approximate surface area is 171 Å². The van der Waals surface area contributed by atoms with E-state index in [1.54, 1.807) is 35.5 Å². The molecule has 1 aliphatic heterocycles. The first-order chi connectivity index (χ1) is 14.7. The predicted octanol–water partition coefficient (Wildman–Crippen LogP) is 2.57. The van der Waals surface area contributed by atoms with Crippen LogP contribution in [0.2, 0.25) is 0 Å². The van der Waals surface area contributed by atoms with E-state index < -0.39 is 0 Å². The lowest BCUT2D eigenvalue weighted by atomic mass is 10.2. The quantitative estimate of drug-likeness (QED) is 0.518. The maximum Gasteiger partial charge on any atom is 0.289 e. The Morgan fingerprint density at radius 3 is 2.57 bits per heavy atom. The lowest BCUT2D eigenvalue weighted by molar-refractivity contribution is 0.0714. The summed E-state index contributed by atoms with van der Waals surface area (Å²) in [5, 5.41) is 0. The number of nitrogens with zero attached hydrogens (tertiary/aromatic N) is 6. The van der Waals surface area contributed by atoms with Gasteiger partial charge in [-0.15, -0.1) is 0 Å². The van der Waals surface area contributed by atoms with Crippen LogP contribution >= 0.6 is 0 Å². The van der Waals surface area contributed by atoms with Crippen molar-refractivity contribution in [2.24, 2.45) is 0 Å². The molecule has 152 valence electrons. The Morgan fingerprint density at radius 1 is 1.03 bits per heavy atom. The molecule has 1 saturated heterocycles. The van der Waals surface area contributed by atoms with Crippen LogP contribution in [0.25, 0.3) is 11.2 Å². The third kappa shape index (κ3) is 3.38. The van der Waals surface area contributed by atoms with E-state index in [1.807, 2.05) is 4.57 Å². The molecule has 0 spiro atoms. The molecule has 0 N–H and O–H groups in total. The molecule has 30 heavy (non-hydrogen) atoms. The van der Waals surface area contributed by atoms with Gasteiger partial charge in [-0.2, -0.15) is 0 Å². The number of piperazine rings is 1. The SMILES string of the molecule is O=C(c1ccco1)N1CCN(c2ncnc3c2ncn3Cc2ccc(F)cc2)CC1. The highest BCUT2D eigenvalue weighted by atomic mass is 19.1. The van der Waals surface area contributed by atoms with Gasteiger partial charge in [0, 0.05) is 26.2 Å². The van der Waals surface area contributed by atoms with E-state index in [0.717, 1.165) is 17.0 Å². The second-order valence-corrected chi connectivity index (χ2v) is 7.12. The number of hydrogen-bond donors (Lipinski definition) is 0. The average Bonchev–Trinajstić information content (AvgIpc) is 3.46. The summed E-state index contributed by atoms with van der Waals surface area (Å²) in [5.74, 6) is 0.745. The van der Waals surface area contributed by atoms with E-state index in [9.17, 15) is 9.18 Å². The van der Waals surface area contributed by atoms with E-state index in [2.05, 4.69) is 19.9 Å². The standard InChI is InChI=1S/C21H19FN6O2/c22-16-5-3-15(4-6-16)12-28-14-25-18-19(23-13-24-20(18)28)26-7-9-27(10-8-26)21(29)17-2-1-11-30-17/h1-6,11,13-14H,7-10,12H2. The summed E-state index contributed by atoms with van der Waals surface area (Å²) < 4.78 is 20.3. The second-order valence-electron chi connectivity index (χ2n) is 7.12. The third-order valence-electron chi connectivity index (χ3n) is 5.25. The number of anilines is 1. The molecule has 0 saturated carbocycles. The normalized spacial score (nSPS) is 14.4. The third-order valence-corrected chi connectivity index (χ3v) is 5.25. The number of benzene rings is 1. The highest BCUT2D eigenvalue weighted by Gasteiger charge is 2.26. The van der Waals surface area contributed by atoms with Gasteiger partial charge in [-0.05, 0) is 29.8 Å². The summed E-state index contributed by atoms with van der Waals surface area (Å²) in [6.07, 6.45) is 4.76. The molecule has 1 fully saturated rings. The fourth-order valence-electron chi connectivity index (χ4n) is 3.68. The number of furan rings is 1. The van der Waals surface area contributed by atoms with Gasteiger partial charge in [0.25, 0.3) is 5.91 Å². The van der Waals surface area contributed by atoms with Crippen LogP contribution < -0.4 is 4.90 Å². The van der Waals surface area contributed by atoms with Crippen LogP contribution in [-0.2, 0) is 6.54 Å². The van der Waals surface area contributed by atoms with Gasteiger partial charge in [-0.3, -0.25) is 4.79 Å². The fourth-order valence-corrected chi connectivity index (χ4v) is 3.68. The van der Waals surface area contributed by atoms with Crippen molar-refractivity contribution in [1.29, 1.82) is 0 Å². The van der Waals surface area contributed by atoms with Crippen molar-refractivity contribution in [2.45, 2.75) is 6.54 Å². The monoisotopic (exact) mass is 406 g/mol. The van der Waals surface area contributed by atoms with Crippen LogP contribution in [0, 0.1) is 5.82 Å². The van der Waals surface area contributed by atoms with Gasteiger partial charge >= 0.3 is 0 Å². The first kappa shape index (κ1) is 18.3. The molecular formula is C21H19FN6O2. The van der Waals surface area contributed by atoms with Crippen molar-refractivity contribution in [2.75, 3.05) is 31.1 Å². The molecule has 4 heterocycles. The molecule has 3 aromatic heterocycles. The minimum atomic E-state index is -0.261. The smallest absolute Gasteiger partial charge is 0.289 e. The zero-order valence-corrected chi connectivity index (χ0v) is 16.1. The molecule has 0 aliphatic carbocycles. The fraction of sp³-hybridized carbons (Fsp3) is 0.238. The van der Waals surface area contributed by atoms with Crippen LogP contribution in [0.3, 0.4) is 0 Å². The lowest BCUT2D eigenvalue weighted by Gasteiger charge is -2.34. The number of carbonyl (C=O) groups excluding carboxylic acids is 1. The van der Waals surface area contributed by atoms with E-state index in [-0.39, 0.29) is 11.7 Å². The summed E-state index contributed by atoms with van der Waals surface area (Å²) in [6.45, 7) is 2.97. The minimum absolute atomic E-state index is 0.101. The van der Waals surface area contributed by atoms with Crippen molar-refractivity contribution in [1.82, 2.24) is 24.4 Å². The van der Waals surface area contributed by atoms with Gasteiger partial charge in [0.2, 0.25) is 0 Å². The van der Waals surface area contributed by atoms with Crippen molar-refractivity contribution in [3.05, 3.63) is 72.5 Å². The zero-order chi connectivity index (χ0) is 20.5. The number of hydrogen-bond acceptors (Lipinski definition) is 6. The molecule has 9 heteroatoms. The van der Waals surface area contributed by atoms with Crippen LogP contribution in [0.1, 0.15) is 16.1 Å². The second kappa shape index (κ2) is 7.58. The zero-order valence-electron chi connectivity index (χ0n) is 16.1. The van der Waals surface area contributed by atoms with E-state index >= 15 is 0 Å². The van der Waals surface area contributed by atoms with Crippen LogP contribution in [0.4, 0.5) is 10.2 Å². The summed E-state index contributed by atoms with van der Waals surface area (Å²) in [5.41, 5.74) is 2.39. The van der Waals surface area contributed by atoms with E-state index in [4.69, 9.17) is 4.42 Å². The molecule has 5 rings (SSSR count). The van der Waals surface area contributed by atoms with Gasteiger partial charge in [0.1, 0.15) is 12.1 Å². The number of fused-ring (bicyclic) bond motifs is 1. The van der Waals surface area contributed by atoms with Gasteiger partial charge < -0.3 is 18.8 Å². The Kier molecular flexibility index (Phi) is 4.62. The van der Waals surface area contributed by atoms with Crippen LogP contribution in [0.5, 0.6) is 0 Å². The summed E-state index contributed by atoms with van der Waals surface area (Å²) in [7, 11) is 0. The Morgan fingerprint density at radius 2 is 1.83 bits per heavy atom. The topological polar surface area (TPSA) is 80.3 Å².